The van der Waals surface area contributed by atoms with Gasteiger partial charge in [-0.05, 0) is 18.9 Å². The lowest BCUT2D eigenvalue weighted by atomic mass is 10.2. The summed E-state index contributed by atoms with van der Waals surface area (Å²) in [7, 11) is 0. The summed E-state index contributed by atoms with van der Waals surface area (Å²) in [6.07, 6.45) is 4.54. The fraction of sp³-hybridized carbons (Fsp3) is 0.353. The fourth-order valence-corrected chi connectivity index (χ4v) is 4.99. The van der Waals surface area contributed by atoms with Crippen molar-refractivity contribution in [2.75, 3.05) is 5.75 Å². The molecule has 0 saturated heterocycles. The lowest BCUT2D eigenvalue weighted by Crippen LogP contribution is -2.33. The molecule has 4 rings (SSSR count). The van der Waals surface area contributed by atoms with Crippen molar-refractivity contribution in [1.82, 2.24) is 15.5 Å². The number of aromatic nitrogens is 2. The minimum absolute atomic E-state index is 0.0107. The molecule has 1 aromatic carbocycles. The van der Waals surface area contributed by atoms with Gasteiger partial charge in [-0.1, -0.05) is 54.4 Å². The van der Waals surface area contributed by atoms with Crippen LogP contribution in [-0.2, 0) is 4.79 Å². The maximum atomic E-state index is 12.0. The van der Waals surface area contributed by atoms with Gasteiger partial charge in [0, 0.05) is 16.1 Å². The lowest BCUT2D eigenvalue weighted by molar-refractivity contribution is -0.119. The highest BCUT2D eigenvalue weighted by Crippen LogP contribution is 2.41. The van der Waals surface area contributed by atoms with Crippen molar-refractivity contribution in [2.24, 2.45) is 0 Å². The van der Waals surface area contributed by atoms with E-state index >= 15 is 0 Å². The van der Waals surface area contributed by atoms with E-state index in [4.69, 9.17) is 16.0 Å². The van der Waals surface area contributed by atoms with E-state index in [1.165, 1.54) is 35.9 Å². The van der Waals surface area contributed by atoms with Crippen molar-refractivity contribution in [2.45, 2.75) is 36.9 Å². The number of hydrogen-bond donors (Lipinski definition) is 1. The zero-order valence-corrected chi connectivity index (χ0v) is 15.7. The van der Waals surface area contributed by atoms with Gasteiger partial charge in [0.05, 0.1) is 10.8 Å². The second kappa shape index (κ2) is 7.35. The number of thioether (sulfide) groups is 1. The molecule has 2 heterocycles. The number of fused-ring (bicyclic) bond motifs is 1. The van der Waals surface area contributed by atoms with Gasteiger partial charge in [0.25, 0.3) is 11.1 Å². The third-order valence-corrected chi connectivity index (χ3v) is 6.66. The molecule has 1 saturated carbocycles. The van der Waals surface area contributed by atoms with Gasteiger partial charge < -0.3 is 9.73 Å². The average Bonchev–Trinajstić information content (AvgIpc) is 3.34. The van der Waals surface area contributed by atoms with Crippen LogP contribution in [0.3, 0.4) is 0 Å². The van der Waals surface area contributed by atoms with Crippen molar-refractivity contribution in [3.63, 3.8) is 0 Å². The fourth-order valence-electron chi connectivity index (χ4n) is 2.98. The second-order valence-electron chi connectivity index (χ2n) is 5.95. The lowest BCUT2D eigenvalue weighted by Gasteiger charge is -2.10. The Morgan fingerprint density at radius 3 is 2.92 bits per heavy atom. The number of hydrogen-bond acceptors (Lipinski definition) is 6. The van der Waals surface area contributed by atoms with Gasteiger partial charge in [0.2, 0.25) is 5.91 Å². The topological polar surface area (TPSA) is 68.0 Å². The molecule has 3 aromatic rings. The van der Waals surface area contributed by atoms with E-state index < -0.39 is 0 Å². The first-order valence-electron chi connectivity index (χ1n) is 8.14. The number of nitrogens with zero attached hydrogens (tertiary/aromatic N) is 2. The van der Waals surface area contributed by atoms with Crippen molar-refractivity contribution >= 4 is 50.7 Å². The van der Waals surface area contributed by atoms with Crippen LogP contribution in [0.2, 0.25) is 5.02 Å². The van der Waals surface area contributed by atoms with Crippen molar-refractivity contribution in [1.29, 1.82) is 0 Å². The summed E-state index contributed by atoms with van der Waals surface area (Å²) in [6.45, 7) is 0. The van der Waals surface area contributed by atoms with E-state index in [-0.39, 0.29) is 11.7 Å². The Morgan fingerprint density at radius 2 is 2.12 bits per heavy atom. The van der Waals surface area contributed by atoms with Gasteiger partial charge >= 0.3 is 0 Å². The summed E-state index contributed by atoms with van der Waals surface area (Å²) in [5, 5.41) is 13.1. The van der Waals surface area contributed by atoms with E-state index in [9.17, 15) is 4.79 Å². The summed E-state index contributed by atoms with van der Waals surface area (Å²) >= 11 is 9.20. The highest BCUT2D eigenvalue weighted by atomic mass is 35.5. The van der Waals surface area contributed by atoms with Crippen LogP contribution >= 0.6 is 34.7 Å². The van der Waals surface area contributed by atoms with E-state index in [0.29, 0.717) is 22.2 Å². The molecule has 0 bridgehead atoms. The molecular formula is C17H16ClN3O2S2. The summed E-state index contributed by atoms with van der Waals surface area (Å²) < 4.78 is 6.76. The van der Waals surface area contributed by atoms with Crippen LogP contribution in [0.5, 0.6) is 0 Å². The predicted octanol–water partition coefficient (Wildman–Crippen LogP) is 4.76. The monoisotopic (exact) mass is 393 g/mol. The highest BCUT2D eigenvalue weighted by Gasteiger charge is 2.20. The zero-order chi connectivity index (χ0) is 17.2. The van der Waals surface area contributed by atoms with Gasteiger partial charge in [-0.3, -0.25) is 4.79 Å². The Kier molecular flexibility index (Phi) is 4.96. The number of carbonyl (C=O) groups is 1. The van der Waals surface area contributed by atoms with E-state index in [1.54, 1.807) is 0 Å². The van der Waals surface area contributed by atoms with Crippen LogP contribution in [0.15, 0.2) is 33.9 Å². The smallest absolute Gasteiger partial charge is 0.277 e. The molecule has 5 nitrogen and oxygen atoms in total. The molecule has 25 heavy (non-hydrogen) atoms. The Hall–Kier alpha value is -1.57. The van der Waals surface area contributed by atoms with Crippen molar-refractivity contribution in [3.8, 4) is 10.8 Å². The van der Waals surface area contributed by atoms with Crippen LogP contribution in [-0.4, -0.2) is 27.9 Å². The van der Waals surface area contributed by atoms with Crippen LogP contribution in [0.1, 0.15) is 25.7 Å². The van der Waals surface area contributed by atoms with Crippen LogP contribution < -0.4 is 5.32 Å². The maximum Gasteiger partial charge on any atom is 0.277 e. The number of thiophene rings is 1. The molecule has 0 spiro atoms. The molecular weight excluding hydrogens is 378 g/mol. The third-order valence-electron chi connectivity index (χ3n) is 4.18. The highest BCUT2D eigenvalue weighted by molar-refractivity contribution is 7.99. The first kappa shape index (κ1) is 16.9. The third kappa shape index (κ3) is 3.68. The molecule has 8 heteroatoms. The van der Waals surface area contributed by atoms with Crippen molar-refractivity contribution in [3.05, 3.63) is 29.3 Å². The molecule has 1 amide bonds. The molecule has 1 fully saturated rings. The SMILES string of the molecule is O=C(CSc1nnc(-c2sc3ccccc3c2Cl)o1)NC1CCCC1. The number of nitrogens with one attached hydrogen (secondary N) is 1. The Bertz CT molecular complexity index is 902. The molecule has 0 atom stereocenters. The molecule has 1 N–H and O–H groups in total. The predicted molar refractivity (Wildman–Crippen MR) is 101 cm³/mol. The Morgan fingerprint density at radius 1 is 1.32 bits per heavy atom. The normalized spacial score (nSPS) is 15.1. The Balaban J connectivity index is 1.42. The molecule has 0 unspecified atom stereocenters. The van der Waals surface area contributed by atoms with Crippen LogP contribution in [0.4, 0.5) is 0 Å². The molecule has 1 aliphatic carbocycles. The van der Waals surface area contributed by atoms with Gasteiger partial charge in [-0.15, -0.1) is 21.5 Å². The summed E-state index contributed by atoms with van der Waals surface area (Å²) in [4.78, 5) is 12.7. The van der Waals surface area contributed by atoms with Gasteiger partial charge in [-0.2, -0.15) is 0 Å². The first-order chi connectivity index (χ1) is 12.2. The van der Waals surface area contributed by atoms with Gasteiger partial charge in [0.1, 0.15) is 4.88 Å². The molecule has 130 valence electrons. The molecule has 0 radical (unpaired) electrons. The quantitative estimate of drug-likeness (QED) is 0.633. The number of benzene rings is 1. The maximum absolute atomic E-state index is 12.0. The minimum atomic E-state index is 0.0107. The van der Waals surface area contributed by atoms with Crippen molar-refractivity contribution < 1.29 is 9.21 Å². The number of carbonyl (C=O) groups excluding carboxylic acids is 1. The molecule has 1 aliphatic rings. The standard InChI is InChI=1S/C17H16ClN3O2S2/c18-14-11-7-3-4-8-12(11)25-15(14)16-20-21-17(23-16)24-9-13(22)19-10-5-1-2-6-10/h3-4,7-8,10H,1-2,5-6,9H2,(H,19,22). The summed E-state index contributed by atoms with van der Waals surface area (Å²) in [6, 6.07) is 8.22. The number of halogens is 1. The second-order valence-corrected chi connectivity index (χ2v) is 8.31. The largest absolute Gasteiger partial charge is 0.410 e. The first-order valence-corrected chi connectivity index (χ1v) is 10.3. The number of rotatable bonds is 5. The minimum Gasteiger partial charge on any atom is -0.410 e. The summed E-state index contributed by atoms with van der Waals surface area (Å²) in [5.74, 6) is 0.680. The zero-order valence-electron chi connectivity index (χ0n) is 13.3. The van der Waals surface area contributed by atoms with E-state index in [2.05, 4.69) is 15.5 Å². The average molecular weight is 394 g/mol. The van der Waals surface area contributed by atoms with Crippen LogP contribution in [0, 0.1) is 0 Å². The summed E-state index contributed by atoms with van der Waals surface area (Å²) in [5.41, 5.74) is 0. The Labute approximate surface area is 158 Å². The van der Waals surface area contributed by atoms with Crippen LogP contribution in [0.25, 0.3) is 20.9 Å². The molecule has 2 aromatic heterocycles. The van der Waals surface area contributed by atoms with Gasteiger partial charge in [0.15, 0.2) is 0 Å². The van der Waals surface area contributed by atoms with E-state index in [0.717, 1.165) is 27.8 Å². The molecule has 0 aliphatic heterocycles. The number of amides is 1. The van der Waals surface area contributed by atoms with E-state index in [1.807, 2.05) is 24.3 Å². The van der Waals surface area contributed by atoms with Gasteiger partial charge in [-0.25, -0.2) is 0 Å².